The van der Waals surface area contributed by atoms with Crippen molar-refractivity contribution in [2.45, 2.75) is 59.5 Å². The van der Waals surface area contributed by atoms with Crippen LogP contribution in [0.15, 0.2) is 0 Å². The molecule has 2 radical (unpaired) electrons. The highest BCUT2D eigenvalue weighted by Crippen LogP contribution is 2.58. The van der Waals surface area contributed by atoms with Gasteiger partial charge in [-0.2, -0.15) is 75.8 Å². The van der Waals surface area contributed by atoms with Crippen LogP contribution in [0.5, 0.6) is 0 Å². The van der Waals surface area contributed by atoms with Crippen LogP contribution in [0.2, 0.25) is 0 Å². The van der Waals surface area contributed by atoms with E-state index in [1.165, 1.54) is 0 Å². The van der Waals surface area contributed by atoms with Crippen molar-refractivity contribution in [2.24, 2.45) is 11.3 Å². The maximum atomic E-state index is 6.15. The van der Waals surface area contributed by atoms with Crippen LogP contribution in [0.25, 0.3) is 0 Å². The van der Waals surface area contributed by atoms with Crippen LogP contribution in [-0.4, -0.2) is 44.5 Å². The molecule has 0 aliphatic carbocycles. The number of rotatable bonds is 17. The Balaban J connectivity index is 6.47. The third-order valence-electron chi connectivity index (χ3n) is 5.10. The Morgan fingerprint density at radius 3 is 1.61 bits per heavy atom. The maximum Gasteiger partial charge on any atom is 0.0487 e. The third-order valence-corrected chi connectivity index (χ3v) is 9.64. The maximum absolute atomic E-state index is 6.15. The second-order valence-corrected chi connectivity index (χ2v) is 11.6. The van der Waals surface area contributed by atoms with Gasteiger partial charge in [0.1, 0.15) is 0 Å². The number of alkyl halides is 4. The minimum atomic E-state index is -0.493. The van der Waals surface area contributed by atoms with Crippen molar-refractivity contribution in [3.63, 3.8) is 0 Å². The summed E-state index contributed by atoms with van der Waals surface area (Å²) in [4.78, 5) is 0. The van der Waals surface area contributed by atoms with Gasteiger partial charge < -0.3 is 0 Å². The molecule has 0 bridgehead atoms. The Morgan fingerprint density at radius 1 is 0.750 bits per heavy atom. The summed E-state index contributed by atoms with van der Waals surface area (Å²) < 4.78 is 0. The molecule has 0 nitrogen and oxygen atoms in total. The van der Waals surface area contributed by atoms with E-state index in [4.69, 9.17) is 110 Å². The van der Waals surface area contributed by atoms with Gasteiger partial charge in [0.15, 0.2) is 0 Å². The van der Waals surface area contributed by atoms with Crippen LogP contribution in [0.4, 0.5) is 0 Å². The van der Waals surface area contributed by atoms with Crippen molar-refractivity contribution in [1.29, 1.82) is 0 Å². The lowest BCUT2D eigenvalue weighted by Gasteiger charge is -2.54. The topological polar surface area (TPSA) is 0 Å². The van der Waals surface area contributed by atoms with Crippen molar-refractivity contribution >= 4 is 122 Å². The highest BCUT2D eigenvalue weighted by molar-refractivity contribution is 7.87. The molecule has 0 aromatic carbocycles. The van der Waals surface area contributed by atoms with E-state index in [-0.39, 0.29) is 26.9 Å². The predicted octanol–water partition coefficient (Wildman–Crippen LogP) is 7.63. The molecule has 0 N–H and O–H groups in total. The highest BCUT2D eigenvalue weighted by Gasteiger charge is 2.55. The lowest BCUT2D eigenvalue weighted by atomic mass is 9.62. The molecule has 0 saturated carbocycles. The van der Waals surface area contributed by atoms with Gasteiger partial charge in [0.2, 0.25) is 0 Å². The minimum absolute atomic E-state index is 0.0411. The van der Waals surface area contributed by atoms with Gasteiger partial charge in [-0.1, -0.05) is 0 Å². The van der Waals surface area contributed by atoms with Crippen molar-refractivity contribution in [3.8, 4) is 0 Å². The lowest BCUT2D eigenvalue weighted by molar-refractivity contribution is 0.159. The molecule has 0 aromatic heterocycles. The standard InChI is InChI=1S/C18H32Cl4S6/c19-7-3-13(24)12(2-1-11-23)18(15(26)5-9-21,16(27)6-10-22)17(28)14(25)4-8-20/h11-16,23-28H,1-10H2. The molecule has 28 heavy (non-hydrogen) atoms. The molecule has 0 spiro atoms. The Morgan fingerprint density at radius 2 is 1.21 bits per heavy atom. The van der Waals surface area contributed by atoms with Crippen molar-refractivity contribution in [2.75, 3.05) is 23.5 Å². The molecular formula is C18H32Cl4S6. The summed E-state index contributed by atoms with van der Waals surface area (Å²) >= 11 is 53.6. The van der Waals surface area contributed by atoms with Crippen molar-refractivity contribution < 1.29 is 0 Å². The second kappa shape index (κ2) is 17.7. The fourth-order valence-corrected chi connectivity index (χ4v) is 8.51. The van der Waals surface area contributed by atoms with E-state index < -0.39 is 5.41 Å². The first-order valence-corrected chi connectivity index (χ1v) is 14.4. The van der Waals surface area contributed by atoms with E-state index in [0.717, 1.165) is 24.5 Å². The summed E-state index contributed by atoms with van der Waals surface area (Å²) in [7, 11) is 0. The van der Waals surface area contributed by atoms with Crippen molar-refractivity contribution in [1.82, 2.24) is 0 Å². The quantitative estimate of drug-likeness (QED) is 0.0738. The fourth-order valence-electron chi connectivity index (χ4n) is 3.78. The number of hydrogen-bond donors (Lipinski definition) is 6. The molecular weight excluding hydrogens is 550 g/mol. The SMILES string of the molecule is S[CH]CCC(C(S)CCCl)C([C](S)C(S)CCCl)(C(S)CCCl)C(S)CCCl. The first-order valence-electron chi connectivity index (χ1n) is 9.27. The predicted molar refractivity (Wildman–Crippen MR) is 153 cm³/mol. The van der Waals surface area contributed by atoms with E-state index in [1.807, 2.05) is 5.75 Å². The van der Waals surface area contributed by atoms with Gasteiger partial charge in [-0.05, 0) is 44.4 Å². The monoisotopic (exact) mass is 580 g/mol. The van der Waals surface area contributed by atoms with Crippen LogP contribution >= 0.6 is 122 Å². The summed E-state index contributed by atoms with van der Waals surface area (Å²) in [5.41, 5.74) is -0.493. The van der Waals surface area contributed by atoms with Gasteiger partial charge in [0.05, 0.1) is 0 Å². The minimum Gasteiger partial charge on any atom is -0.176 e. The van der Waals surface area contributed by atoms with Gasteiger partial charge in [-0.15, -0.1) is 46.4 Å². The summed E-state index contributed by atoms with van der Waals surface area (Å²) in [5.74, 6) is 3.98. The van der Waals surface area contributed by atoms with Crippen LogP contribution in [0.1, 0.15) is 38.5 Å². The summed E-state index contributed by atoms with van der Waals surface area (Å²) in [6.07, 6.45) is 4.56. The van der Waals surface area contributed by atoms with Gasteiger partial charge >= 0.3 is 0 Å². The molecule has 0 aliphatic heterocycles. The average molecular weight is 583 g/mol. The Hall–Kier alpha value is 3.26. The fraction of sp³-hybridized carbons (Fsp3) is 0.889. The van der Waals surface area contributed by atoms with Crippen LogP contribution < -0.4 is 0 Å². The van der Waals surface area contributed by atoms with Gasteiger partial charge in [0.25, 0.3) is 0 Å². The Kier molecular flexibility index (Phi) is 19.8. The summed E-state index contributed by atoms with van der Waals surface area (Å²) in [5, 5.41) is 0.713. The number of halogens is 4. The third kappa shape index (κ3) is 8.89. The molecule has 0 heterocycles. The molecule has 5 unspecified atom stereocenters. The Bertz CT molecular complexity index is 381. The average Bonchev–Trinajstić information content (AvgIpc) is 2.65. The van der Waals surface area contributed by atoms with E-state index >= 15 is 0 Å². The molecule has 0 aromatic rings. The molecule has 10 heteroatoms. The van der Waals surface area contributed by atoms with Crippen molar-refractivity contribution in [3.05, 3.63) is 11.0 Å². The molecule has 5 atom stereocenters. The zero-order valence-corrected chi connectivity index (χ0v) is 24.1. The summed E-state index contributed by atoms with van der Waals surface area (Å²) in [6, 6.07) is 0. The first-order chi connectivity index (χ1) is 13.3. The van der Waals surface area contributed by atoms with Gasteiger partial charge in [-0.25, -0.2) is 0 Å². The van der Waals surface area contributed by atoms with Crippen LogP contribution in [-0.2, 0) is 0 Å². The van der Waals surface area contributed by atoms with E-state index in [2.05, 4.69) is 12.6 Å². The molecule has 0 fully saturated rings. The smallest absolute Gasteiger partial charge is 0.0487 e. The summed E-state index contributed by atoms with van der Waals surface area (Å²) in [6.45, 7) is 0. The number of thiol groups is 6. The molecule has 0 saturated heterocycles. The van der Waals surface area contributed by atoms with E-state index in [1.54, 1.807) is 0 Å². The van der Waals surface area contributed by atoms with Crippen LogP contribution in [0, 0.1) is 22.3 Å². The Labute approximate surface area is 225 Å². The molecule has 0 rings (SSSR count). The largest absolute Gasteiger partial charge is 0.176 e. The first kappa shape index (κ1) is 31.3. The lowest BCUT2D eigenvalue weighted by Crippen LogP contribution is -2.55. The van der Waals surface area contributed by atoms with E-state index in [9.17, 15) is 0 Å². The highest BCUT2D eigenvalue weighted by atomic mass is 35.5. The zero-order valence-electron chi connectivity index (χ0n) is 15.7. The normalized spacial score (nSPS) is 19.8. The molecule has 168 valence electrons. The zero-order chi connectivity index (χ0) is 21.7. The molecule has 0 amide bonds. The number of hydrogen-bond acceptors (Lipinski definition) is 6. The second-order valence-electron chi connectivity index (χ2n) is 6.71. The molecule has 0 aliphatic rings. The van der Waals surface area contributed by atoms with E-state index in [0.29, 0.717) is 42.8 Å². The van der Waals surface area contributed by atoms with Gasteiger partial charge in [-0.3, -0.25) is 0 Å². The van der Waals surface area contributed by atoms with Gasteiger partial charge in [0, 0.05) is 60.9 Å². The van der Waals surface area contributed by atoms with Crippen LogP contribution in [0.3, 0.4) is 0 Å².